The van der Waals surface area contributed by atoms with Crippen molar-refractivity contribution in [3.8, 4) is 0 Å². The molecule has 1 aliphatic heterocycles. The number of hydrogen-bond donors (Lipinski definition) is 1. The molecule has 1 heterocycles. The zero-order valence-corrected chi connectivity index (χ0v) is 20.1. The van der Waals surface area contributed by atoms with E-state index in [-0.39, 0.29) is 10.8 Å². The Labute approximate surface area is 192 Å². The summed E-state index contributed by atoms with van der Waals surface area (Å²) in [6, 6.07) is 15.0. The van der Waals surface area contributed by atoms with E-state index in [0.29, 0.717) is 31.6 Å². The zero-order chi connectivity index (χ0) is 23.1. The van der Waals surface area contributed by atoms with E-state index in [9.17, 15) is 13.2 Å². The van der Waals surface area contributed by atoms with Crippen molar-refractivity contribution in [2.24, 2.45) is 0 Å². The van der Waals surface area contributed by atoms with Crippen LogP contribution in [0.3, 0.4) is 0 Å². The van der Waals surface area contributed by atoms with Crippen LogP contribution in [0, 0.1) is 0 Å². The third kappa shape index (κ3) is 5.88. The minimum absolute atomic E-state index is 0.124. The van der Waals surface area contributed by atoms with Crippen LogP contribution in [0.1, 0.15) is 25.8 Å². The normalized spacial score (nSPS) is 15.2. The molecule has 8 heteroatoms. The molecule has 0 aromatic heterocycles. The summed E-state index contributed by atoms with van der Waals surface area (Å²) in [5.41, 5.74) is 2.52. The topological polar surface area (TPSA) is 73.0 Å². The summed E-state index contributed by atoms with van der Waals surface area (Å²) in [7, 11) is -1.53. The Morgan fingerprint density at radius 1 is 1.00 bits per heavy atom. The number of benzene rings is 2. The van der Waals surface area contributed by atoms with Crippen molar-refractivity contribution >= 4 is 27.3 Å². The van der Waals surface area contributed by atoms with Gasteiger partial charge < -0.3 is 15.1 Å². The number of sulfonamides is 1. The Morgan fingerprint density at radius 3 is 2.28 bits per heavy atom. The molecule has 2 aromatic rings. The summed E-state index contributed by atoms with van der Waals surface area (Å²) < 4.78 is 27.6. The van der Waals surface area contributed by atoms with Crippen LogP contribution in [0.5, 0.6) is 0 Å². The SMILES string of the molecule is CCN(CC)S(=O)(=O)c1ccc(N2CCN(C)CC2)c(NC(=O)CCc2ccccc2)c1. The molecule has 2 aromatic carbocycles. The number of likely N-dealkylation sites (N-methyl/N-ethyl adjacent to an activating group) is 1. The quantitative estimate of drug-likeness (QED) is 0.625. The predicted molar refractivity (Wildman–Crippen MR) is 130 cm³/mol. The molecule has 0 unspecified atom stereocenters. The summed E-state index contributed by atoms with van der Waals surface area (Å²) in [4.78, 5) is 17.5. The average Bonchev–Trinajstić information content (AvgIpc) is 2.79. The number of piperazine rings is 1. The maximum absolute atomic E-state index is 13.1. The van der Waals surface area contributed by atoms with Crippen molar-refractivity contribution in [1.82, 2.24) is 9.21 Å². The van der Waals surface area contributed by atoms with Gasteiger partial charge >= 0.3 is 0 Å². The molecule has 1 fully saturated rings. The van der Waals surface area contributed by atoms with Crippen molar-refractivity contribution < 1.29 is 13.2 Å². The molecule has 32 heavy (non-hydrogen) atoms. The van der Waals surface area contributed by atoms with Crippen molar-refractivity contribution in [2.45, 2.75) is 31.6 Å². The van der Waals surface area contributed by atoms with E-state index in [1.807, 2.05) is 50.2 Å². The maximum atomic E-state index is 13.1. The second kappa shape index (κ2) is 10.9. The largest absolute Gasteiger partial charge is 0.367 e. The molecule has 0 spiro atoms. The molecule has 0 aliphatic carbocycles. The first-order valence-corrected chi connectivity index (χ1v) is 12.7. The van der Waals surface area contributed by atoms with Gasteiger partial charge in [0, 0.05) is 45.7 Å². The van der Waals surface area contributed by atoms with Crippen LogP contribution in [-0.4, -0.2) is 69.8 Å². The van der Waals surface area contributed by atoms with Gasteiger partial charge in [-0.2, -0.15) is 4.31 Å². The summed E-state index contributed by atoms with van der Waals surface area (Å²) in [5.74, 6) is -0.124. The lowest BCUT2D eigenvalue weighted by atomic mass is 10.1. The van der Waals surface area contributed by atoms with Crippen LogP contribution in [0.4, 0.5) is 11.4 Å². The molecule has 0 radical (unpaired) electrons. The van der Waals surface area contributed by atoms with Crippen LogP contribution in [0.15, 0.2) is 53.4 Å². The van der Waals surface area contributed by atoms with E-state index in [1.54, 1.807) is 12.1 Å². The fraction of sp³-hybridized carbons (Fsp3) is 0.458. The highest BCUT2D eigenvalue weighted by molar-refractivity contribution is 7.89. The number of hydrogen-bond acceptors (Lipinski definition) is 5. The number of anilines is 2. The van der Waals surface area contributed by atoms with Gasteiger partial charge in [-0.25, -0.2) is 8.42 Å². The number of nitrogens with zero attached hydrogens (tertiary/aromatic N) is 3. The first-order valence-electron chi connectivity index (χ1n) is 11.3. The number of amides is 1. The van der Waals surface area contributed by atoms with Crippen LogP contribution in [-0.2, 0) is 21.2 Å². The Bertz CT molecular complexity index is 999. The highest BCUT2D eigenvalue weighted by Crippen LogP contribution is 2.31. The smallest absolute Gasteiger partial charge is 0.243 e. The molecule has 1 aliphatic rings. The Hall–Kier alpha value is -2.42. The monoisotopic (exact) mass is 458 g/mol. The summed E-state index contributed by atoms with van der Waals surface area (Å²) >= 11 is 0. The third-order valence-corrected chi connectivity index (χ3v) is 7.96. The fourth-order valence-electron chi connectivity index (χ4n) is 3.93. The van der Waals surface area contributed by atoms with E-state index in [2.05, 4.69) is 22.2 Å². The van der Waals surface area contributed by atoms with E-state index in [4.69, 9.17) is 0 Å². The Balaban J connectivity index is 1.86. The van der Waals surface area contributed by atoms with Gasteiger partial charge in [0.25, 0.3) is 0 Å². The second-order valence-electron chi connectivity index (χ2n) is 8.09. The number of nitrogens with one attached hydrogen (secondary N) is 1. The van der Waals surface area contributed by atoms with Gasteiger partial charge in [0.1, 0.15) is 0 Å². The molecule has 1 N–H and O–H groups in total. The fourth-order valence-corrected chi connectivity index (χ4v) is 5.41. The molecule has 0 saturated carbocycles. The first kappa shape index (κ1) is 24.2. The first-order chi connectivity index (χ1) is 15.3. The van der Waals surface area contributed by atoms with E-state index in [1.165, 1.54) is 4.31 Å². The molecular formula is C24H34N4O3S. The second-order valence-corrected chi connectivity index (χ2v) is 10.0. The van der Waals surface area contributed by atoms with Crippen LogP contribution >= 0.6 is 0 Å². The van der Waals surface area contributed by atoms with Crippen LogP contribution in [0.2, 0.25) is 0 Å². The van der Waals surface area contributed by atoms with Gasteiger partial charge in [0.15, 0.2) is 0 Å². The van der Waals surface area contributed by atoms with E-state index >= 15 is 0 Å². The van der Waals surface area contributed by atoms with Gasteiger partial charge in [-0.1, -0.05) is 44.2 Å². The van der Waals surface area contributed by atoms with Crippen molar-refractivity contribution in [3.05, 3.63) is 54.1 Å². The van der Waals surface area contributed by atoms with E-state index in [0.717, 1.165) is 37.4 Å². The molecular weight excluding hydrogens is 424 g/mol. The van der Waals surface area contributed by atoms with Crippen molar-refractivity contribution in [1.29, 1.82) is 0 Å². The Morgan fingerprint density at radius 2 is 1.66 bits per heavy atom. The molecule has 0 atom stereocenters. The van der Waals surface area contributed by atoms with Crippen LogP contribution in [0.25, 0.3) is 0 Å². The highest BCUT2D eigenvalue weighted by atomic mass is 32.2. The average molecular weight is 459 g/mol. The lowest BCUT2D eigenvalue weighted by molar-refractivity contribution is -0.116. The lowest BCUT2D eigenvalue weighted by Gasteiger charge is -2.35. The Kier molecular flexibility index (Phi) is 8.28. The molecule has 3 rings (SSSR count). The maximum Gasteiger partial charge on any atom is 0.243 e. The molecule has 7 nitrogen and oxygen atoms in total. The van der Waals surface area contributed by atoms with Gasteiger partial charge in [0.05, 0.1) is 16.3 Å². The number of aryl methyl sites for hydroxylation is 1. The number of carbonyl (C=O) groups is 1. The molecule has 174 valence electrons. The highest BCUT2D eigenvalue weighted by Gasteiger charge is 2.25. The van der Waals surface area contributed by atoms with E-state index < -0.39 is 10.0 Å². The zero-order valence-electron chi connectivity index (χ0n) is 19.3. The summed E-state index contributed by atoms with van der Waals surface area (Å²) in [5, 5.41) is 3.00. The molecule has 0 bridgehead atoms. The predicted octanol–water partition coefficient (Wildman–Crippen LogP) is 3.04. The van der Waals surface area contributed by atoms with Gasteiger partial charge in [0.2, 0.25) is 15.9 Å². The summed E-state index contributed by atoms with van der Waals surface area (Å²) in [6.45, 7) is 7.94. The minimum Gasteiger partial charge on any atom is -0.367 e. The van der Waals surface area contributed by atoms with Crippen molar-refractivity contribution in [2.75, 3.05) is 56.5 Å². The lowest BCUT2D eigenvalue weighted by Crippen LogP contribution is -2.44. The van der Waals surface area contributed by atoms with Crippen LogP contribution < -0.4 is 10.2 Å². The number of rotatable bonds is 9. The van der Waals surface area contributed by atoms with Gasteiger partial charge in [-0.3, -0.25) is 4.79 Å². The number of carbonyl (C=O) groups excluding carboxylic acids is 1. The van der Waals surface area contributed by atoms with Crippen molar-refractivity contribution in [3.63, 3.8) is 0 Å². The standard InChI is InChI=1S/C24H34N4O3S/c1-4-28(5-2)32(30,31)21-12-13-23(27-17-15-26(3)16-18-27)22(19-21)25-24(29)14-11-20-9-7-6-8-10-20/h6-10,12-13,19H,4-5,11,14-18H2,1-3H3,(H,25,29). The minimum atomic E-state index is -3.62. The molecule has 1 saturated heterocycles. The third-order valence-electron chi connectivity index (χ3n) is 5.91. The molecule has 1 amide bonds. The van der Waals surface area contributed by atoms with Gasteiger partial charge in [-0.15, -0.1) is 0 Å². The van der Waals surface area contributed by atoms with Gasteiger partial charge in [-0.05, 0) is 37.2 Å². The summed E-state index contributed by atoms with van der Waals surface area (Å²) in [6.07, 6.45) is 0.965.